The minimum absolute atomic E-state index is 0. The van der Waals surface area contributed by atoms with E-state index in [2.05, 4.69) is 20.1 Å². The van der Waals surface area contributed by atoms with Crippen molar-refractivity contribution in [2.24, 2.45) is 10.9 Å². The smallest absolute Gasteiger partial charge is 0.243 e. The Labute approximate surface area is 204 Å². The minimum Gasteiger partial charge on any atom is -0.356 e. The van der Waals surface area contributed by atoms with Crippen molar-refractivity contribution in [2.75, 3.05) is 67.0 Å². The van der Waals surface area contributed by atoms with E-state index in [0.717, 1.165) is 58.1 Å². The van der Waals surface area contributed by atoms with Crippen LogP contribution in [0.15, 0.2) is 4.99 Å². The lowest BCUT2D eigenvalue weighted by molar-refractivity contribution is -0.136. The normalized spacial score (nSPS) is 23.5. The van der Waals surface area contributed by atoms with E-state index in [9.17, 15) is 9.59 Å². The van der Waals surface area contributed by atoms with Gasteiger partial charge in [0.25, 0.3) is 0 Å². The second-order valence-corrected chi connectivity index (χ2v) is 9.26. The zero-order chi connectivity index (χ0) is 21.5. The average molecular weight is 549 g/mol. The monoisotopic (exact) mass is 548 g/mol. The summed E-state index contributed by atoms with van der Waals surface area (Å²) in [6.45, 7) is 5.04. The number of hydrogen-bond acceptors (Lipinski definition) is 4. The topological polar surface area (TPSA) is 71.5 Å². The molecule has 0 spiro atoms. The minimum atomic E-state index is 0. The molecule has 0 aromatic heterocycles. The first-order valence-corrected chi connectivity index (χ1v) is 11.7. The first-order valence-electron chi connectivity index (χ1n) is 11.7. The summed E-state index contributed by atoms with van der Waals surface area (Å²) in [7, 11) is 5.57. The van der Waals surface area contributed by atoms with Crippen molar-refractivity contribution in [3.63, 3.8) is 0 Å². The standard InChI is InChI=1S/C22H40N6O2.HI/c1-25(2)20(29)17-24-22(23-16-18-8-5-4-6-9-18)28-14-12-27(13-15-28)21(30)19-10-7-11-26(19)3;/h18-19H,4-17H2,1-3H3,(H,23,24);1H. The van der Waals surface area contributed by atoms with Gasteiger partial charge in [-0.15, -0.1) is 24.0 Å². The Kier molecular flexibility index (Phi) is 10.8. The van der Waals surface area contributed by atoms with E-state index in [-0.39, 0.29) is 48.4 Å². The van der Waals surface area contributed by atoms with Crippen LogP contribution >= 0.6 is 24.0 Å². The Morgan fingerprint density at radius 2 is 1.58 bits per heavy atom. The SMILES string of the molecule is CN(C)C(=O)CN=C(NCC1CCCCC1)N1CCN(C(=O)C2CCCN2C)CC1.I. The van der Waals surface area contributed by atoms with Crippen LogP contribution in [0.3, 0.4) is 0 Å². The number of aliphatic imine (C=N–C) groups is 1. The van der Waals surface area contributed by atoms with Crippen molar-refractivity contribution in [3.05, 3.63) is 0 Å². The zero-order valence-electron chi connectivity index (χ0n) is 19.5. The third kappa shape index (κ3) is 7.47. The van der Waals surface area contributed by atoms with E-state index in [1.807, 2.05) is 11.9 Å². The third-order valence-electron chi connectivity index (χ3n) is 6.83. The number of carbonyl (C=O) groups excluding carboxylic acids is 2. The van der Waals surface area contributed by atoms with Crippen LogP contribution in [-0.4, -0.2) is 110 Å². The number of hydrogen-bond donors (Lipinski definition) is 1. The number of nitrogens with one attached hydrogen (secondary N) is 1. The Bertz CT molecular complexity index is 615. The van der Waals surface area contributed by atoms with Crippen molar-refractivity contribution in [1.82, 2.24) is 24.9 Å². The Morgan fingerprint density at radius 1 is 0.935 bits per heavy atom. The molecule has 0 bridgehead atoms. The molecule has 3 fully saturated rings. The number of nitrogens with zero attached hydrogens (tertiary/aromatic N) is 5. The molecular weight excluding hydrogens is 507 g/mol. The van der Waals surface area contributed by atoms with Crippen LogP contribution in [-0.2, 0) is 9.59 Å². The summed E-state index contributed by atoms with van der Waals surface area (Å²) in [5, 5.41) is 3.55. The molecule has 0 aromatic rings. The van der Waals surface area contributed by atoms with E-state index >= 15 is 0 Å². The molecule has 178 valence electrons. The van der Waals surface area contributed by atoms with Crippen LogP contribution in [0.2, 0.25) is 0 Å². The average Bonchev–Trinajstić information content (AvgIpc) is 3.19. The van der Waals surface area contributed by atoms with Gasteiger partial charge < -0.3 is 20.0 Å². The van der Waals surface area contributed by atoms with Gasteiger partial charge in [0, 0.05) is 46.8 Å². The maximum Gasteiger partial charge on any atom is 0.243 e. The van der Waals surface area contributed by atoms with Crippen LogP contribution in [0.1, 0.15) is 44.9 Å². The van der Waals surface area contributed by atoms with Gasteiger partial charge in [-0.1, -0.05) is 19.3 Å². The van der Waals surface area contributed by atoms with Crippen LogP contribution < -0.4 is 5.32 Å². The van der Waals surface area contributed by atoms with Gasteiger partial charge in [-0.05, 0) is 45.2 Å². The molecule has 1 N–H and O–H groups in total. The lowest BCUT2D eigenvalue weighted by Crippen LogP contribution is -2.56. The number of amides is 2. The number of rotatable bonds is 5. The second kappa shape index (κ2) is 12.8. The first-order chi connectivity index (χ1) is 14.5. The number of piperazine rings is 1. The maximum absolute atomic E-state index is 12.9. The van der Waals surface area contributed by atoms with Gasteiger partial charge in [-0.3, -0.25) is 14.5 Å². The molecule has 1 unspecified atom stereocenters. The fraction of sp³-hybridized carbons (Fsp3) is 0.864. The molecule has 2 aliphatic heterocycles. The summed E-state index contributed by atoms with van der Waals surface area (Å²) in [6, 6.07) is 0.0480. The summed E-state index contributed by atoms with van der Waals surface area (Å²) >= 11 is 0. The van der Waals surface area contributed by atoms with E-state index in [0.29, 0.717) is 5.92 Å². The summed E-state index contributed by atoms with van der Waals surface area (Å²) < 4.78 is 0. The van der Waals surface area contributed by atoms with E-state index in [1.54, 1.807) is 19.0 Å². The molecule has 1 saturated carbocycles. The van der Waals surface area contributed by atoms with Gasteiger partial charge in [0.05, 0.1) is 6.04 Å². The molecule has 3 aliphatic rings. The summed E-state index contributed by atoms with van der Waals surface area (Å²) in [5.74, 6) is 1.78. The van der Waals surface area contributed by atoms with E-state index < -0.39 is 0 Å². The predicted molar refractivity (Wildman–Crippen MR) is 135 cm³/mol. The molecule has 8 nitrogen and oxygen atoms in total. The fourth-order valence-corrected chi connectivity index (χ4v) is 4.75. The largest absolute Gasteiger partial charge is 0.356 e. The maximum atomic E-state index is 12.9. The van der Waals surface area contributed by atoms with Crippen LogP contribution in [0.25, 0.3) is 0 Å². The summed E-state index contributed by atoms with van der Waals surface area (Å²) in [5.41, 5.74) is 0. The molecule has 9 heteroatoms. The number of carbonyl (C=O) groups is 2. The van der Waals surface area contributed by atoms with Crippen molar-refractivity contribution in [3.8, 4) is 0 Å². The quantitative estimate of drug-likeness (QED) is 0.320. The van der Waals surface area contributed by atoms with Crippen molar-refractivity contribution < 1.29 is 9.59 Å². The summed E-state index contributed by atoms with van der Waals surface area (Å²) in [6.07, 6.45) is 8.60. The van der Waals surface area contributed by atoms with Gasteiger partial charge in [-0.25, -0.2) is 4.99 Å². The molecule has 1 aliphatic carbocycles. The molecule has 2 heterocycles. The fourth-order valence-electron chi connectivity index (χ4n) is 4.75. The van der Waals surface area contributed by atoms with Gasteiger partial charge in [0.1, 0.15) is 6.54 Å². The number of halogens is 1. The Balaban J connectivity index is 0.00000341. The van der Waals surface area contributed by atoms with Crippen molar-refractivity contribution in [2.45, 2.75) is 51.0 Å². The molecule has 3 rings (SSSR count). The highest BCUT2D eigenvalue weighted by atomic mass is 127. The number of likely N-dealkylation sites (N-methyl/N-ethyl adjacent to an activating group) is 2. The molecular formula is C22H41IN6O2. The highest BCUT2D eigenvalue weighted by Crippen LogP contribution is 2.23. The molecule has 0 radical (unpaired) electrons. The van der Waals surface area contributed by atoms with E-state index in [4.69, 9.17) is 0 Å². The van der Waals surface area contributed by atoms with Gasteiger partial charge >= 0.3 is 0 Å². The predicted octanol–water partition coefficient (Wildman–Crippen LogP) is 1.46. The van der Waals surface area contributed by atoms with Crippen LogP contribution in [0.4, 0.5) is 0 Å². The van der Waals surface area contributed by atoms with Crippen LogP contribution in [0, 0.1) is 5.92 Å². The molecule has 2 saturated heterocycles. The number of likely N-dealkylation sites (tertiary alicyclic amines) is 1. The molecule has 1 atom stereocenters. The highest BCUT2D eigenvalue weighted by Gasteiger charge is 2.33. The van der Waals surface area contributed by atoms with Gasteiger partial charge in [-0.2, -0.15) is 0 Å². The summed E-state index contributed by atoms with van der Waals surface area (Å²) in [4.78, 5) is 37.6. The Hall–Kier alpha value is -1.10. The molecule has 31 heavy (non-hydrogen) atoms. The highest BCUT2D eigenvalue weighted by molar-refractivity contribution is 14.0. The lowest BCUT2D eigenvalue weighted by Gasteiger charge is -2.38. The van der Waals surface area contributed by atoms with Gasteiger partial charge in [0.2, 0.25) is 11.8 Å². The molecule has 0 aromatic carbocycles. The van der Waals surface area contributed by atoms with Gasteiger partial charge in [0.15, 0.2) is 5.96 Å². The molecule has 2 amide bonds. The second-order valence-electron chi connectivity index (χ2n) is 9.26. The zero-order valence-corrected chi connectivity index (χ0v) is 21.8. The third-order valence-corrected chi connectivity index (χ3v) is 6.83. The first kappa shape index (κ1) is 26.2. The van der Waals surface area contributed by atoms with E-state index in [1.165, 1.54) is 32.1 Å². The van der Waals surface area contributed by atoms with Crippen LogP contribution in [0.5, 0.6) is 0 Å². The van der Waals surface area contributed by atoms with Crippen molar-refractivity contribution in [1.29, 1.82) is 0 Å². The van der Waals surface area contributed by atoms with Crippen molar-refractivity contribution >= 4 is 41.8 Å². The lowest BCUT2D eigenvalue weighted by atomic mass is 9.89. The Morgan fingerprint density at radius 3 is 2.16 bits per heavy atom. The number of guanidine groups is 1.